The number of hydrogen-bond acceptors (Lipinski definition) is 4. The van der Waals surface area contributed by atoms with Crippen molar-refractivity contribution in [1.82, 2.24) is 19.9 Å². The Balaban J connectivity index is 1.53. The van der Waals surface area contributed by atoms with Crippen LogP contribution < -0.4 is 0 Å². The van der Waals surface area contributed by atoms with E-state index in [9.17, 15) is 13.2 Å². The number of hydrogen-bond donors (Lipinski definition) is 0. The average molecular weight is 370 g/mol. The number of fused-ring (bicyclic) bond motifs is 1. The van der Waals surface area contributed by atoms with Crippen LogP contribution >= 0.6 is 0 Å². The second-order valence-electron chi connectivity index (χ2n) is 6.52. The summed E-state index contributed by atoms with van der Waals surface area (Å²) in [5.74, 6) is 0.675. The second kappa shape index (κ2) is 7.08. The number of pyridine rings is 1. The molecular weight excluding hydrogens is 353 g/mol. The van der Waals surface area contributed by atoms with Gasteiger partial charge in [-0.25, -0.2) is 9.97 Å². The fraction of sp³-hybridized carbons (Fsp3) is 0.250. The molecule has 0 radical (unpaired) electrons. The summed E-state index contributed by atoms with van der Waals surface area (Å²) in [6.07, 6.45) is 0.563. The van der Waals surface area contributed by atoms with Crippen molar-refractivity contribution in [3.05, 3.63) is 77.4 Å². The maximum Gasteiger partial charge on any atom is 0.416 e. The van der Waals surface area contributed by atoms with Crippen LogP contribution in [0, 0.1) is 0 Å². The normalized spacial score (nSPS) is 14.8. The maximum absolute atomic E-state index is 13.2. The highest BCUT2D eigenvalue weighted by Crippen LogP contribution is 2.32. The van der Waals surface area contributed by atoms with Crippen molar-refractivity contribution in [2.24, 2.45) is 0 Å². The lowest BCUT2D eigenvalue weighted by atomic mass is 10.0. The molecule has 0 unspecified atom stereocenters. The highest BCUT2D eigenvalue weighted by molar-refractivity contribution is 5.54. The fourth-order valence-corrected chi connectivity index (χ4v) is 3.31. The molecule has 0 N–H and O–H groups in total. The Kier molecular flexibility index (Phi) is 4.61. The van der Waals surface area contributed by atoms with Gasteiger partial charge in [0.2, 0.25) is 0 Å². The van der Waals surface area contributed by atoms with Gasteiger partial charge in [0.1, 0.15) is 0 Å². The monoisotopic (exact) mass is 370 g/mol. The summed E-state index contributed by atoms with van der Waals surface area (Å²) in [5, 5.41) is 0. The summed E-state index contributed by atoms with van der Waals surface area (Å²) in [4.78, 5) is 14.9. The molecule has 2 aromatic heterocycles. The molecule has 0 amide bonds. The Morgan fingerprint density at radius 1 is 1.04 bits per heavy atom. The van der Waals surface area contributed by atoms with E-state index in [1.54, 1.807) is 6.20 Å². The van der Waals surface area contributed by atoms with Gasteiger partial charge >= 0.3 is 6.18 Å². The van der Waals surface area contributed by atoms with Crippen LogP contribution in [0.15, 0.2) is 55.0 Å². The van der Waals surface area contributed by atoms with Gasteiger partial charge in [-0.15, -0.1) is 0 Å². The van der Waals surface area contributed by atoms with Crippen LogP contribution in [0.2, 0.25) is 0 Å². The predicted octanol–water partition coefficient (Wildman–Crippen LogP) is 4.12. The summed E-state index contributed by atoms with van der Waals surface area (Å²) in [6.45, 7) is 1.36. The van der Waals surface area contributed by atoms with Crippen molar-refractivity contribution in [3.63, 3.8) is 0 Å². The van der Waals surface area contributed by atoms with E-state index in [4.69, 9.17) is 0 Å². The third-order valence-corrected chi connectivity index (χ3v) is 4.65. The highest BCUT2D eigenvalue weighted by atomic mass is 19.4. The predicted molar refractivity (Wildman–Crippen MR) is 94.5 cm³/mol. The Morgan fingerprint density at radius 3 is 2.63 bits per heavy atom. The molecule has 0 bridgehead atoms. The van der Waals surface area contributed by atoms with Crippen LogP contribution in [0.5, 0.6) is 0 Å². The molecule has 7 heteroatoms. The molecule has 1 aromatic carbocycles. The SMILES string of the molecule is FC(F)(F)c1ccncc1CN1CCc2nc(-c3ccccc3)ncc2C1. The van der Waals surface area contributed by atoms with Crippen molar-refractivity contribution in [3.8, 4) is 11.4 Å². The number of alkyl halides is 3. The minimum atomic E-state index is -4.38. The number of rotatable bonds is 3. The first-order valence-corrected chi connectivity index (χ1v) is 8.63. The Hall–Kier alpha value is -2.80. The molecule has 4 rings (SSSR count). The largest absolute Gasteiger partial charge is 0.416 e. The third-order valence-electron chi connectivity index (χ3n) is 4.65. The molecule has 0 atom stereocenters. The first-order chi connectivity index (χ1) is 13.0. The van der Waals surface area contributed by atoms with Crippen molar-refractivity contribution >= 4 is 0 Å². The van der Waals surface area contributed by atoms with Crippen LogP contribution in [-0.4, -0.2) is 26.4 Å². The molecule has 27 heavy (non-hydrogen) atoms. The summed E-state index contributed by atoms with van der Waals surface area (Å²) in [7, 11) is 0. The lowest BCUT2D eigenvalue weighted by Crippen LogP contribution is -2.31. The van der Waals surface area contributed by atoms with Crippen molar-refractivity contribution in [2.75, 3.05) is 6.54 Å². The van der Waals surface area contributed by atoms with Crippen molar-refractivity contribution in [2.45, 2.75) is 25.7 Å². The summed E-state index contributed by atoms with van der Waals surface area (Å²) >= 11 is 0. The van der Waals surface area contributed by atoms with Gasteiger partial charge in [-0.3, -0.25) is 9.88 Å². The molecule has 0 aliphatic carbocycles. The topological polar surface area (TPSA) is 41.9 Å². The second-order valence-corrected chi connectivity index (χ2v) is 6.52. The van der Waals surface area contributed by atoms with Crippen LogP contribution in [0.3, 0.4) is 0 Å². The molecule has 0 spiro atoms. The molecule has 0 saturated carbocycles. The minimum absolute atomic E-state index is 0.190. The zero-order chi connectivity index (χ0) is 18.9. The van der Waals surface area contributed by atoms with Crippen LogP contribution in [0.1, 0.15) is 22.4 Å². The van der Waals surface area contributed by atoms with E-state index in [-0.39, 0.29) is 12.1 Å². The molecule has 1 aliphatic heterocycles. The van der Waals surface area contributed by atoms with Gasteiger partial charge in [0, 0.05) is 55.8 Å². The Labute approximate surface area is 154 Å². The smallest absolute Gasteiger partial charge is 0.294 e. The van der Waals surface area contributed by atoms with E-state index in [0.717, 1.165) is 22.9 Å². The zero-order valence-corrected chi connectivity index (χ0v) is 14.4. The van der Waals surface area contributed by atoms with Crippen LogP contribution in [-0.2, 0) is 25.7 Å². The molecular formula is C20H17F3N4. The first kappa shape index (κ1) is 17.6. The van der Waals surface area contributed by atoms with Gasteiger partial charge in [-0.2, -0.15) is 13.2 Å². The highest BCUT2D eigenvalue weighted by Gasteiger charge is 2.33. The van der Waals surface area contributed by atoms with E-state index >= 15 is 0 Å². The Bertz CT molecular complexity index is 941. The molecule has 0 saturated heterocycles. The van der Waals surface area contributed by atoms with Crippen LogP contribution in [0.25, 0.3) is 11.4 Å². The molecule has 4 nitrogen and oxygen atoms in total. The summed E-state index contributed by atoms with van der Waals surface area (Å²) in [5.41, 5.74) is 2.43. The quantitative estimate of drug-likeness (QED) is 0.696. The molecule has 0 fully saturated rings. The summed E-state index contributed by atoms with van der Waals surface area (Å²) < 4.78 is 39.5. The number of aromatic nitrogens is 3. The van der Waals surface area contributed by atoms with Gasteiger partial charge < -0.3 is 0 Å². The Morgan fingerprint density at radius 2 is 1.85 bits per heavy atom. The lowest BCUT2D eigenvalue weighted by Gasteiger charge is -2.28. The lowest BCUT2D eigenvalue weighted by molar-refractivity contribution is -0.138. The van der Waals surface area contributed by atoms with Crippen molar-refractivity contribution in [1.29, 1.82) is 0 Å². The fourth-order valence-electron chi connectivity index (χ4n) is 3.31. The van der Waals surface area contributed by atoms with E-state index in [0.29, 0.717) is 25.3 Å². The van der Waals surface area contributed by atoms with Gasteiger partial charge in [0.25, 0.3) is 0 Å². The summed E-state index contributed by atoms with van der Waals surface area (Å²) in [6, 6.07) is 10.8. The van der Waals surface area contributed by atoms with Gasteiger partial charge in [-0.05, 0) is 11.6 Å². The molecule has 138 valence electrons. The van der Waals surface area contributed by atoms with E-state index in [1.807, 2.05) is 35.2 Å². The molecule has 3 heterocycles. The van der Waals surface area contributed by atoms with E-state index in [1.165, 1.54) is 12.4 Å². The van der Waals surface area contributed by atoms with E-state index in [2.05, 4.69) is 15.0 Å². The number of nitrogens with zero attached hydrogens (tertiary/aromatic N) is 4. The number of halogens is 3. The van der Waals surface area contributed by atoms with E-state index < -0.39 is 11.7 Å². The van der Waals surface area contributed by atoms with Gasteiger partial charge in [0.05, 0.1) is 11.3 Å². The minimum Gasteiger partial charge on any atom is -0.294 e. The van der Waals surface area contributed by atoms with Gasteiger partial charge in [-0.1, -0.05) is 30.3 Å². The zero-order valence-electron chi connectivity index (χ0n) is 14.4. The van der Waals surface area contributed by atoms with Gasteiger partial charge in [0.15, 0.2) is 5.82 Å². The van der Waals surface area contributed by atoms with Crippen LogP contribution in [0.4, 0.5) is 13.2 Å². The average Bonchev–Trinajstić information content (AvgIpc) is 2.68. The number of benzene rings is 1. The van der Waals surface area contributed by atoms with Crippen molar-refractivity contribution < 1.29 is 13.2 Å². The maximum atomic E-state index is 13.2. The standard InChI is InChI=1S/C20H17F3N4/c21-20(22,23)17-6-8-24-10-15(17)12-27-9-7-18-16(13-27)11-25-19(26-18)14-4-2-1-3-5-14/h1-6,8,10-11H,7,9,12-13H2. The first-order valence-electron chi connectivity index (χ1n) is 8.63. The third kappa shape index (κ3) is 3.83. The molecule has 1 aliphatic rings. The molecule has 3 aromatic rings.